The van der Waals surface area contributed by atoms with Gasteiger partial charge in [0.15, 0.2) is 0 Å². The molecule has 0 radical (unpaired) electrons. The smallest absolute Gasteiger partial charge is 0.254 e. The summed E-state index contributed by atoms with van der Waals surface area (Å²) in [6, 6.07) is 3.83. The summed E-state index contributed by atoms with van der Waals surface area (Å²) in [5, 5.41) is 9.31. The van der Waals surface area contributed by atoms with Gasteiger partial charge in [-0.15, -0.1) is 0 Å². The van der Waals surface area contributed by atoms with Crippen molar-refractivity contribution in [2.75, 3.05) is 13.7 Å². The lowest BCUT2D eigenvalue weighted by Crippen LogP contribution is -2.42. The first-order chi connectivity index (χ1) is 8.58. The third-order valence-electron chi connectivity index (χ3n) is 3.41. The predicted octanol–water partition coefficient (Wildman–Crippen LogP) is 1.59. The van der Waals surface area contributed by atoms with E-state index in [9.17, 15) is 9.90 Å². The zero-order valence-electron chi connectivity index (χ0n) is 11.1. The first-order valence-electron chi connectivity index (χ1n) is 6.20. The van der Waals surface area contributed by atoms with Crippen LogP contribution >= 0.6 is 0 Å². The molecule has 98 valence electrons. The van der Waals surface area contributed by atoms with Gasteiger partial charge < -0.3 is 14.7 Å². The molecule has 2 rings (SSSR count). The third-order valence-corrected chi connectivity index (χ3v) is 3.41. The van der Waals surface area contributed by atoms with Crippen LogP contribution in [0.15, 0.2) is 12.1 Å². The molecule has 0 aromatic heterocycles. The highest BCUT2D eigenvalue weighted by Gasteiger charge is 2.27. The lowest BCUT2D eigenvalue weighted by molar-refractivity contribution is 0.0688. The molecule has 0 aliphatic carbocycles. The molecule has 1 N–H and O–H groups in total. The van der Waals surface area contributed by atoms with Crippen molar-refractivity contribution in [1.82, 2.24) is 4.90 Å². The Kier molecular flexibility index (Phi) is 3.57. The molecule has 4 nitrogen and oxygen atoms in total. The summed E-state index contributed by atoms with van der Waals surface area (Å²) in [6.45, 7) is 4.65. The molecule has 0 saturated heterocycles. The van der Waals surface area contributed by atoms with E-state index in [1.54, 1.807) is 13.2 Å². The monoisotopic (exact) mass is 249 g/mol. The van der Waals surface area contributed by atoms with Crippen LogP contribution in [0.25, 0.3) is 0 Å². The molecule has 1 heterocycles. The van der Waals surface area contributed by atoms with E-state index in [0.717, 1.165) is 18.5 Å². The van der Waals surface area contributed by atoms with Crippen LogP contribution in [0.4, 0.5) is 0 Å². The molecule has 0 spiro atoms. The second-order valence-electron chi connectivity index (χ2n) is 4.82. The van der Waals surface area contributed by atoms with Crippen molar-refractivity contribution in [2.45, 2.75) is 32.9 Å². The second kappa shape index (κ2) is 4.98. The van der Waals surface area contributed by atoms with E-state index in [1.807, 2.05) is 24.8 Å². The molecule has 1 aliphatic rings. The number of benzene rings is 1. The molecule has 18 heavy (non-hydrogen) atoms. The Labute approximate surface area is 107 Å². The lowest BCUT2D eigenvalue weighted by Gasteiger charge is -2.32. The van der Waals surface area contributed by atoms with Crippen molar-refractivity contribution < 1.29 is 14.6 Å². The number of rotatable bonds is 3. The van der Waals surface area contributed by atoms with Crippen molar-refractivity contribution in [3.8, 4) is 5.75 Å². The van der Waals surface area contributed by atoms with Gasteiger partial charge in [-0.3, -0.25) is 4.79 Å². The maximum absolute atomic E-state index is 12.3. The molecule has 0 fully saturated rings. The van der Waals surface area contributed by atoms with E-state index in [2.05, 4.69) is 0 Å². The Balaban J connectivity index is 2.45. The Hall–Kier alpha value is -1.55. The SMILES string of the molecule is COc1cc2c(cc1CO)C(=O)N(C(C)C)CC2. The molecule has 0 unspecified atom stereocenters. The average molecular weight is 249 g/mol. The Bertz CT molecular complexity index is 468. The summed E-state index contributed by atoms with van der Waals surface area (Å²) in [4.78, 5) is 14.2. The van der Waals surface area contributed by atoms with Gasteiger partial charge in [0.05, 0.1) is 13.7 Å². The average Bonchev–Trinajstić information content (AvgIpc) is 2.37. The van der Waals surface area contributed by atoms with E-state index < -0.39 is 0 Å². The van der Waals surface area contributed by atoms with E-state index in [4.69, 9.17) is 4.74 Å². The van der Waals surface area contributed by atoms with Crippen molar-refractivity contribution in [3.05, 3.63) is 28.8 Å². The topological polar surface area (TPSA) is 49.8 Å². The Morgan fingerprint density at radius 1 is 1.44 bits per heavy atom. The van der Waals surface area contributed by atoms with Crippen LogP contribution in [0.1, 0.15) is 35.3 Å². The molecule has 1 aromatic carbocycles. The minimum atomic E-state index is -0.120. The van der Waals surface area contributed by atoms with Gasteiger partial charge >= 0.3 is 0 Å². The number of amides is 1. The maximum atomic E-state index is 12.3. The number of hydrogen-bond donors (Lipinski definition) is 1. The van der Waals surface area contributed by atoms with E-state index in [-0.39, 0.29) is 18.6 Å². The van der Waals surface area contributed by atoms with Gasteiger partial charge in [-0.2, -0.15) is 0 Å². The zero-order valence-corrected chi connectivity index (χ0v) is 11.1. The zero-order chi connectivity index (χ0) is 13.3. The van der Waals surface area contributed by atoms with E-state index >= 15 is 0 Å². The van der Waals surface area contributed by atoms with E-state index in [1.165, 1.54) is 0 Å². The largest absolute Gasteiger partial charge is 0.496 e. The number of methoxy groups -OCH3 is 1. The summed E-state index contributed by atoms with van der Waals surface area (Å²) < 4.78 is 5.23. The standard InChI is InChI=1S/C14H19NO3/c1-9(2)15-5-4-10-7-13(18-3)11(8-16)6-12(10)14(15)17/h6-7,9,16H,4-5,8H2,1-3H3. The van der Waals surface area contributed by atoms with Crippen LogP contribution in [0.5, 0.6) is 5.75 Å². The number of aliphatic hydroxyl groups excluding tert-OH is 1. The fraction of sp³-hybridized carbons (Fsp3) is 0.500. The first-order valence-corrected chi connectivity index (χ1v) is 6.20. The number of aliphatic hydroxyl groups is 1. The first kappa shape index (κ1) is 12.9. The molecule has 1 amide bonds. The highest BCUT2D eigenvalue weighted by atomic mass is 16.5. The number of hydrogen-bond acceptors (Lipinski definition) is 3. The van der Waals surface area contributed by atoms with Gasteiger partial charge in [-0.05, 0) is 38.0 Å². The van der Waals surface area contributed by atoms with Crippen LogP contribution in [0.2, 0.25) is 0 Å². The molecule has 0 bridgehead atoms. The molecule has 0 saturated carbocycles. The van der Waals surface area contributed by atoms with E-state index in [0.29, 0.717) is 16.9 Å². The van der Waals surface area contributed by atoms with Gasteiger partial charge in [-0.1, -0.05) is 0 Å². The highest BCUT2D eigenvalue weighted by molar-refractivity contribution is 5.97. The fourth-order valence-corrected chi connectivity index (χ4v) is 2.38. The summed E-state index contributed by atoms with van der Waals surface area (Å²) in [6.07, 6.45) is 0.835. The Morgan fingerprint density at radius 3 is 2.72 bits per heavy atom. The summed E-state index contributed by atoms with van der Waals surface area (Å²) in [7, 11) is 1.58. The molecular weight excluding hydrogens is 230 g/mol. The highest BCUT2D eigenvalue weighted by Crippen LogP contribution is 2.28. The van der Waals surface area contributed by atoms with Crippen LogP contribution < -0.4 is 4.74 Å². The van der Waals surface area contributed by atoms with Crippen LogP contribution in [-0.2, 0) is 13.0 Å². The van der Waals surface area contributed by atoms with Crippen molar-refractivity contribution in [1.29, 1.82) is 0 Å². The van der Waals surface area contributed by atoms with Crippen molar-refractivity contribution >= 4 is 5.91 Å². The molecule has 1 aliphatic heterocycles. The lowest BCUT2D eigenvalue weighted by atomic mass is 9.95. The van der Waals surface area contributed by atoms with Crippen molar-refractivity contribution in [3.63, 3.8) is 0 Å². The third kappa shape index (κ3) is 2.08. The number of carbonyl (C=O) groups excluding carboxylic acids is 1. The summed E-state index contributed by atoms with van der Waals surface area (Å²) in [5.74, 6) is 0.700. The van der Waals surface area contributed by atoms with Crippen molar-refractivity contribution in [2.24, 2.45) is 0 Å². The van der Waals surface area contributed by atoms with Gasteiger partial charge in [0.25, 0.3) is 5.91 Å². The van der Waals surface area contributed by atoms with Gasteiger partial charge in [0.2, 0.25) is 0 Å². The van der Waals surface area contributed by atoms with Gasteiger partial charge in [0.1, 0.15) is 5.75 Å². The Morgan fingerprint density at radius 2 is 2.17 bits per heavy atom. The summed E-state index contributed by atoms with van der Waals surface area (Å²) >= 11 is 0. The minimum absolute atomic E-state index is 0.0450. The minimum Gasteiger partial charge on any atom is -0.496 e. The molecule has 1 aromatic rings. The fourth-order valence-electron chi connectivity index (χ4n) is 2.38. The van der Waals surface area contributed by atoms with Gasteiger partial charge in [0, 0.05) is 23.7 Å². The molecule has 0 atom stereocenters. The maximum Gasteiger partial charge on any atom is 0.254 e. The number of ether oxygens (including phenoxy) is 1. The molecule has 4 heteroatoms. The number of carbonyl (C=O) groups is 1. The molecular formula is C14H19NO3. The number of nitrogens with zero attached hydrogens (tertiary/aromatic N) is 1. The van der Waals surface area contributed by atoms with Crippen LogP contribution in [0.3, 0.4) is 0 Å². The van der Waals surface area contributed by atoms with Crippen LogP contribution in [-0.4, -0.2) is 35.6 Å². The second-order valence-corrected chi connectivity index (χ2v) is 4.82. The quantitative estimate of drug-likeness (QED) is 0.885. The van der Waals surface area contributed by atoms with Crippen LogP contribution in [0, 0.1) is 0 Å². The normalized spacial score (nSPS) is 14.9. The van der Waals surface area contributed by atoms with Gasteiger partial charge in [-0.25, -0.2) is 0 Å². The summed E-state index contributed by atoms with van der Waals surface area (Å²) in [5.41, 5.74) is 2.36. The number of fused-ring (bicyclic) bond motifs is 1. The predicted molar refractivity (Wildman–Crippen MR) is 68.8 cm³/mol.